The van der Waals surface area contributed by atoms with Gasteiger partial charge in [-0.2, -0.15) is 8.42 Å². The van der Waals surface area contributed by atoms with Gasteiger partial charge >= 0.3 is 0 Å². The number of sulfone groups is 1. The summed E-state index contributed by atoms with van der Waals surface area (Å²) in [5.41, 5.74) is -0.293. The molecule has 0 aliphatic heterocycles. The average molecular weight is 378 g/mol. The number of non-ortho nitro benzene ring substituents is 1. The SMILES string of the molecule is O=[N+]([O-])c1ccc(S(=O)(=O)c2ccc(Cl)c(S(=O)(=O)O)c2)cc1. The van der Waals surface area contributed by atoms with Crippen LogP contribution in [0, 0.1) is 10.1 Å². The summed E-state index contributed by atoms with van der Waals surface area (Å²) < 4.78 is 56.3. The van der Waals surface area contributed by atoms with Crippen molar-refractivity contribution in [1.29, 1.82) is 0 Å². The van der Waals surface area contributed by atoms with Gasteiger partial charge in [0.25, 0.3) is 15.8 Å². The van der Waals surface area contributed by atoms with Crippen LogP contribution in [0.3, 0.4) is 0 Å². The summed E-state index contributed by atoms with van der Waals surface area (Å²) in [6, 6.07) is 6.86. The minimum absolute atomic E-state index is 0.272. The summed E-state index contributed by atoms with van der Waals surface area (Å²) in [5, 5.41) is 10.2. The Morgan fingerprint density at radius 1 is 0.957 bits per heavy atom. The van der Waals surface area contributed by atoms with Crippen molar-refractivity contribution in [2.75, 3.05) is 0 Å². The van der Waals surface area contributed by atoms with Crippen LogP contribution in [-0.4, -0.2) is 26.3 Å². The minimum atomic E-state index is -4.70. The number of halogens is 1. The molecule has 0 amide bonds. The highest BCUT2D eigenvalue weighted by Gasteiger charge is 2.23. The lowest BCUT2D eigenvalue weighted by Gasteiger charge is -2.07. The second-order valence-corrected chi connectivity index (χ2v) is 8.07. The first-order valence-corrected chi connectivity index (χ1v) is 9.10. The zero-order valence-electron chi connectivity index (χ0n) is 11.1. The average Bonchev–Trinajstić information content (AvgIpc) is 2.46. The van der Waals surface area contributed by atoms with Crippen molar-refractivity contribution in [3.63, 3.8) is 0 Å². The number of nitrogens with zero attached hydrogens (tertiary/aromatic N) is 1. The summed E-state index contributed by atoms with van der Waals surface area (Å²) in [6.07, 6.45) is 0. The molecule has 1 N–H and O–H groups in total. The first kappa shape index (κ1) is 17.3. The molecule has 0 atom stereocenters. The molecule has 2 rings (SSSR count). The van der Waals surface area contributed by atoms with Crippen LogP contribution < -0.4 is 0 Å². The van der Waals surface area contributed by atoms with Gasteiger partial charge in [0, 0.05) is 12.1 Å². The van der Waals surface area contributed by atoms with E-state index in [1.165, 1.54) is 0 Å². The standard InChI is InChI=1S/C12H8ClNO7S2/c13-11-6-5-10(7-12(11)23(19,20)21)22(17,18)9-3-1-8(2-4-9)14(15)16/h1-7H,(H,19,20,21). The maximum atomic E-state index is 12.4. The molecular weight excluding hydrogens is 370 g/mol. The van der Waals surface area contributed by atoms with E-state index in [-0.39, 0.29) is 15.6 Å². The molecule has 0 saturated heterocycles. The Morgan fingerprint density at radius 2 is 1.48 bits per heavy atom. The van der Waals surface area contributed by atoms with Crippen LogP contribution in [0.15, 0.2) is 57.2 Å². The normalized spacial score (nSPS) is 12.1. The van der Waals surface area contributed by atoms with E-state index in [0.717, 1.165) is 36.4 Å². The molecule has 122 valence electrons. The third-order valence-corrected chi connectivity index (χ3v) is 5.95. The molecule has 8 nitrogen and oxygen atoms in total. The topological polar surface area (TPSA) is 132 Å². The maximum Gasteiger partial charge on any atom is 0.296 e. The Hall–Kier alpha value is -2.01. The van der Waals surface area contributed by atoms with Crippen molar-refractivity contribution in [2.24, 2.45) is 0 Å². The molecule has 0 spiro atoms. The van der Waals surface area contributed by atoms with Gasteiger partial charge in [0.2, 0.25) is 9.84 Å². The summed E-state index contributed by atoms with van der Waals surface area (Å²) in [5.74, 6) is 0. The van der Waals surface area contributed by atoms with Crippen molar-refractivity contribution in [3.05, 3.63) is 57.6 Å². The van der Waals surface area contributed by atoms with Gasteiger partial charge in [0.05, 0.1) is 19.7 Å². The molecule has 0 saturated carbocycles. The van der Waals surface area contributed by atoms with Crippen molar-refractivity contribution in [1.82, 2.24) is 0 Å². The lowest BCUT2D eigenvalue weighted by Crippen LogP contribution is -2.05. The first-order chi connectivity index (χ1) is 10.5. The molecule has 0 fully saturated rings. The largest absolute Gasteiger partial charge is 0.296 e. The van der Waals surface area contributed by atoms with Gasteiger partial charge in [-0.1, -0.05) is 11.6 Å². The smallest absolute Gasteiger partial charge is 0.282 e. The Kier molecular flexibility index (Phi) is 4.44. The van der Waals surface area contributed by atoms with E-state index in [2.05, 4.69) is 0 Å². The van der Waals surface area contributed by atoms with Gasteiger partial charge in [-0.3, -0.25) is 14.7 Å². The molecule has 23 heavy (non-hydrogen) atoms. The highest BCUT2D eigenvalue weighted by molar-refractivity contribution is 7.91. The summed E-state index contributed by atoms with van der Waals surface area (Å²) >= 11 is 5.62. The second kappa shape index (κ2) is 5.89. The monoisotopic (exact) mass is 377 g/mol. The third-order valence-electron chi connectivity index (χ3n) is 2.85. The summed E-state index contributed by atoms with van der Waals surface area (Å²) in [6.45, 7) is 0. The van der Waals surface area contributed by atoms with Crippen LogP contribution in [0.4, 0.5) is 5.69 Å². The van der Waals surface area contributed by atoms with Gasteiger partial charge in [0.15, 0.2) is 0 Å². The molecule has 0 heterocycles. The van der Waals surface area contributed by atoms with Gasteiger partial charge in [-0.05, 0) is 30.3 Å². The highest BCUT2D eigenvalue weighted by Crippen LogP contribution is 2.28. The van der Waals surface area contributed by atoms with E-state index in [9.17, 15) is 26.9 Å². The highest BCUT2D eigenvalue weighted by atomic mass is 35.5. The van der Waals surface area contributed by atoms with Gasteiger partial charge < -0.3 is 0 Å². The molecule has 2 aromatic carbocycles. The summed E-state index contributed by atoms with van der Waals surface area (Å²) in [7, 11) is -8.84. The second-order valence-electron chi connectivity index (χ2n) is 4.32. The lowest BCUT2D eigenvalue weighted by atomic mass is 10.3. The van der Waals surface area contributed by atoms with E-state index in [4.69, 9.17) is 16.2 Å². The number of benzene rings is 2. The fraction of sp³-hybridized carbons (Fsp3) is 0. The molecule has 0 aromatic heterocycles. The predicted octanol–water partition coefficient (Wildman–Crippen LogP) is 2.33. The molecule has 2 aromatic rings. The van der Waals surface area contributed by atoms with Crippen molar-refractivity contribution >= 4 is 37.2 Å². The third kappa shape index (κ3) is 3.50. The van der Waals surface area contributed by atoms with Crippen molar-refractivity contribution in [3.8, 4) is 0 Å². The number of rotatable bonds is 4. The molecule has 0 aliphatic rings. The Balaban J connectivity index is 2.58. The van der Waals surface area contributed by atoms with Crippen LogP contribution in [0.5, 0.6) is 0 Å². The molecule has 0 bridgehead atoms. The van der Waals surface area contributed by atoms with Crippen molar-refractivity contribution in [2.45, 2.75) is 14.7 Å². The molecular formula is C12H8ClNO7S2. The van der Waals surface area contributed by atoms with E-state index >= 15 is 0 Å². The first-order valence-electron chi connectivity index (χ1n) is 5.80. The number of hydrogen-bond donors (Lipinski definition) is 1. The van der Waals surface area contributed by atoms with Crippen LogP contribution in [0.1, 0.15) is 0 Å². The van der Waals surface area contributed by atoms with Crippen LogP contribution >= 0.6 is 11.6 Å². The van der Waals surface area contributed by atoms with Crippen LogP contribution in [0.2, 0.25) is 5.02 Å². The van der Waals surface area contributed by atoms with E-state index in [0.29, 0.717) is 6.07 Å². The zero-order chi connectivity index (χ0) is 17.4. The lowest BCUT2D eigenvalue weighted by molar-refractivity contribution is -0.384. The molecule has 0 aliphatic carbocycles. The molecule has 0 radical (unpaired) electrons. The zero-order valence-corrected chi connectivity index (χ0v) is 13.5. The fourth-order valence-corrected chi connectivity index (χ4v) is 4.09. The fourth-order valence-electron chi connectivity index (χ4n) is 1.73. The Bertz CT molecular complexity index is 983. The predicted molar refractivity (Wildman–Crippen MR) is 79.8 cm³/mol. The van der Waals surface area contributed by atoms with Crippen molar-refractivity contribution < 1.29 is 26.3 Å². The Morgan fingerprint density at radius 3 is 1.96 bits per heavy atom. The van der Waals surface area contributed by atoms with Gasteiger partial charge in [-0.15, -0.1) is 0 Å². The van der Waals surface area contributed by atoms with Crippen LogP contribution in [0.25, 0.3) is 0 Å². The molecule has 11 heteroatoms. The van der Waals surface area contributed by atoms with Gasteiger partial charge in [-0.25, -0.2) is 8.42 Å². The van der Waals surface area contributed by atoms with E-state index in [1.54, 1.807) is 0 Å². The number of nitro groups is 1. The number of hydrogen-bond acceptors (Lipinski definition) is 6. The quantitative estimate of drug-likeness (QED) is 0.491. The number of nitro benzene ring substituents is 1. The van der Waals surface area contributed by atoms with Crippen LogP contribution in [-0.2, 0) is 20.0 Å². The van der Waals surface area contributed by atoms with E-state index < -0.39 is 34.7 Å². The van der Waals surface area contributed by atoms with E-state index in [1.807, 2.05) is 0 Å². The minimum Gasteiger partial charge on any atom is -0.282 e. The van der Waals surface area contributed by atoms with Gasteiger partial charge in [0.1, 0.15) is 4.90 Å². The molecule has 0 unspecified atom stereocenters. The Labute approximate surface area is 136 Å². The summed E-state index contributed by atoms with van der Waals surface area (Å²) in [4.78, 5) is 8.44. The maximum absolute atomic E-state index is 12.4.